The maximum Gasteiger partial charge on any atom is 0.271 e. The van der Waals surface area contributed by atoms with Crippen molar-refractivity contribution in [2.75, 3.05) is 0 Å². The van der Waals surface area contributed by atoms with E-state index in [0.717, 1.165) is 5.56 Å². The second kappa shape index (κ2) is 6.02. The van der Waals surface area contributed by atoms with Crippen LogP contribution in [-0.2, 0) is 0 Å². The molecule has 0 aliphatic carbocycles. The number of nitrogens with one attached hydrogen (secondary N) is 1. The van der Waals surface area contributed by atoms with E-state index in [9.17, 15) is 4.79 Å². The van der Waals surface area contributed by atoms with E-state index in [1.54, 1.807) is 48.5 Å². The summed E-state index contributed by atoms with van der Waals surface area (Å²) >= 11 is 5.73. The summed E-state index contributed by atoms with van der Waals surface area (Å²) in [6.45, 7) is 0. The van der Waals surface area contributed by atoms with E-state index >= 15 is 0 Å². The van der Waals surface area contributed by atoms with Crippen LogP contribution in [0.4, 0.5) is 0 Å². The summed E-state index contributed by atoms with van der Waals surface area (Å²) in [7, 11) is 0. The fraction of sp³-hybridized carbons (Fsp3) is 0. The largest absolute Gasteiger partial charge is 0.508 e. The highest BCUT2D eigenvalue weighted by Gasteiger charge is 2.02. The van der Waals surface area contributed by atoms with Crippen molar-refractivity contribution in [3.8, 4) is 5.75 Å². The first-order chi connectivity index (χ1) is 9.15. The molecule has 0 aliphatic rings. The van der Waals surface area contributed by atoms with E-state index in [4.69, 9.17) is 16.7 Å². The number of benzene rings is 2. The van der Waals surface area contributed by atoms with Gasteiger partial charge < -0.3 is 5.11 Å². The average Bonchev–Trinajstić information content (AvgIpc) is 2.41. The number of halogens is 1. The molecule has 2 N–H and O–H groups in total. The Balaban J connectivity index is 1.96. The lowest BCUT2D eigenvalue weighted by atomic mass is 10.2. The SMILES string of the molecule is O=C(N/N=C\c1ccc(O)cc1)c1ccc(Cl)cc1. The van der Waals surface area contributed by atoms with Crippen molar-refractivity contribution in [3.05, 3.63) is 64.7 Å². The van der Waals surface area contributed by atoms with Crippen molar-refractivity contribution in [1.29, 1.82) is 0 Å². The number of hydrazone groups is 1. The van der Waals surface area contributed by atoms with Crippen LogP contribution in [0.1, 0.15) is 15.9 Å². The molecule has 0 aliphatic heterocycles. The van der Waals surface area contributed by atoms with Crippen molar-refractivity contribution in [3.63, 3.8) is 0 Å². The number of carbonyl (C=O) groups is 1. The highest BCUT2D eigenvalue weighted by Crippen LogP contribution is 2.09. The maximum absolute atomic E-state index is 11.7. The van der Waals surface area contributed by atoms with Crippen LogP contribution in [0.3, 0.4) is 0 Å². The highest BCUT2D eigenvalue weighted by molar-refractivity contribution is 6.30. The summed E-state index contributed by atoms with van der Waals surface area (Å²) in [5, 5.41) is 13.5. The van der Waals surface area contributed by atoms with Crippen LogP contribution in [0.5, 0.6) is 5.75 Å². The van der Waals surface area contributed by atoms with Crippen LogP contribution in [0.15, 0.2) is 53.6 Å². The van der Waals surface area contributed by atoms with Gasteiger partial charge in [-0.3, -0.25) is 4.79 Å². The number of hydrogen-bond donors (Lipinski definition) is 2. The summed E-state index contributed by atoms with van der Waals surface area (Å²) in [5.41, 5.74) is 3.66. The molecule has 2 aromatic carbocycles. The molecule has 0 saturated heterocycles. The number of carbonyl (C=O) groups excluding carboxylic acids is 1. The third kappa shape index (κ3) is 3.82. The molecule has 0 bridgehead atoms. The summed E-state index contributed by atoms with van der Waals surface area (Å²) in [6, 6.07) is 13.0. The lowest BCUT2D eigenvalue weighted by molar-refractivity contribution is 0.0955. The Labute approximate surface area is 115 Å². The maximum atomic E-state index is 11.7. The van der Waals surface area contributed by atoms with Crippen LogP contribution in [-0.4, -0.2) is 17.2 Å². The van der Waals surface area contributed by atoms with E-state index in [0.29, 0.717) is 10.6 Å². The number of hydrogen-bond acceptors (Lipinski definition) is 3. The van der Waals surface area contributed by atoms with Gasteiger partial charge in [0.15, 0.2) is 0 Å². The van der Waals surface area contributed by atoms with Gasteiger partial charge in [-0.05, 0) is 54.1 Å². The Hall–Kier alpha value is -2.33. The zero-order valence-electron chi connectivity index (χ0n) is 9.88. The first kappa shape index (κ1) is 13.1. The van der Waals surface area contributed by atoms with Crippen LogP contribution >= 0.6 is 11.6 Å². The Bertz CT molecular complexity index is 592. The minimum atomic E-state index is -0.313. The third-order valence-corrected chi connectivity index (χ3v) is 2.63. The average molecular weight is 275 g/mol. The fourth-order valence-corrected chi connectivity index (χ4v) is 1.52. The van der Waals surface area contributed by atoms with Gasteiger partial charge in [-0.1, -0.05) is 11.6 Å². The summed E-state index contributed by atoms with van der Waals surface area (Å²) < 4.78 is 0. The summed E-state index contributed by atoms with van der Waals surface area (Å²) in [4.78, 5) is 11.7. The molecular weight excluding hydrogens is 264 g/mol. The molecule has 0 unspecified atom stereocenters. The van der Waals surface area contributed by atoms with E-state index in [2.05, 4.69) is 10.5 Å². The third-order valence-electron chi connectivity index (χ3n) is 2.38. The lowest BCUT2D eigenvalue weighted by Crippen LogP contribution is -2.17. The van der Waals surface area contributed by atoms with Crippen LogP contribution in [0, 0.1) is 0 Å². The Morgan fingerprint density at radius 1 is 1.11 bits per heavy atom. The first-order valence-corrected chi connectivity index (χ1v) is 5.91. The van der Waals surface area contributed by atoms with Gasteiger partial charge in [0.2, 0.25) is 0 Å². The molecule has 0 saturated carbocycles. The second-order valence-corrected chi connectivity index (χ2v) is 4.23. The van der Waals surface area contributed by atoms with Gasteiger partial charge in [-0.15, -0.1) is 0 Å². The van der Waals surface area contributed by atoms with E-state index in [1.165, 1.54) is 6.21 Å². The zero-order valence-corrected chi connectivity index (χ0v) is 10.6. The molecule has 96 valence electrons. The Morgan fingerprint density at radius 2 is 1.74 bits per heavy atom. The molecule has 4 nitrogen and oxygen atoms in total. The van der Waals surface area contributed by atoms with Gasteiger partial charge in [0.05, 0.1) is 6.21 Å². The topological polar surface area (TPSA) is 61.7 Å². The number of phenols is 1. The lowest BCUT2D eigenvalue weighted by Gasteiger charge is -1.99. The first-order valence-electron chi connectivity index (χ1n) is 5.53. The van der Waals surface area contributed by atoms with Crippen LogP contribution < -0.4 is 5.43 Å². The predicted molar refractivity (Wildman–Crippen MR) is 74.6 cm³/mol. The van der Waals surface area contributed by atoms with Gasteiger partial charge in [-0.2, -0.15) is 5.10 Å². The van der Waals surface area contributed by atoms with E-state index in [-0.39, 0.29) is 11.7 Å². The monoisotopic (exact) mass is 274 g/mol. The Kier molecular flexibility index (Phi) is 4.15. The predicted octanol–water partition coefficient (Wildman–Crippen LogP) is 2.81. The van der Waals surface area contributed by atoms with Crippen molar-refractivity contribution in [2.45, 2.75) is 0 Å². The van der Waals surface area contributed by atoms with E-state index < -0.39 is 0 Å². The molecule has 0 spiro atoms. The number of aromatic hydroxyl groups is 1. The molecule has 5 heteroatoms. The molecule has 0 fully saturated rings. The molecule has 0 radical (unpaired) electrons. The smallest absolute Gasteiger partial charge is 0.271 e. The number of nitrogens with zero attached hydrogens (tertiary/aromatic N) is 1. The molecule has 2 rings (SSSR count). The highest BCUT2D eigenvalue weighted by atomic mass is 35.5. The Morgan fingerprint density at radius 3 is 2.37 bits per heavy atom. The molecular formula is C14H11ClN2O2. The second-order valence-electron chi connectivity index (χ2n) is 3.80. The van der Waals surface area contributed by atoms with Crippen LogP contribution in [0.2, 0.25) is 5.02 Å². The zero-order chi connectivity index (χ0) is 13.7. The van der Waals surface area contributed by atoms with Gasteiger partial charge in [-0.25, -0.2) is 5.43 Å². The van der Waals surface area contributed by atoms with Crippen LogP contribution in [0.25, 0.3) is 0 Å². The van der Waals surface area contributed by atoms with Gasteiger partial charge in [0, 0.05) is 10.6 Å². The molecule has 2 aromatic rings. The molecule has 0 atom stereocenters. The summed E-state index contributed by atoms with van der Waals surface area (Å²) in [5.74, 6) is -0.131. The van der Waals surface area contributed by atoms with Gasteiger partial charge >= 0.3 is 0 Å². The molecule has 0 heterocycles. The number of phenolic OH excluding ortho intramolecular Hbond substituents is 1. The summed E-state index contributed by atoms with van der Waals surface area (Å²) in [6.07, 6.45) is 1.49. The van der Waals surface area contributed by atoms with E-state index in [1.807, 2.05) is 0 Å². The quantitative estimate of drug-likeness (QED) is 0.668. The molecule has 19 heavy (non-hydrogen) atoms. The normalized spacial score (nSPS) is 10.6. The number of amides is 1. The van der Waals surface area contributed by atoms with Gasteiger partial charge in [0.25, 0.3) is 5.91 Å². The number of rotatable bonds is 3. The standard InChI is InChI=1S/C14H11ClN2O2/c15-12-5-3-11(4-6-12)14(19)17-16-9-10-1-7-13(18)8-2-10/h1-9,18H,(H,17,19)/b16-9-. The van der Waals surface area contributed by atoms with Gasteiger partial charge in [0.1, 0.15) is 5.75 Å². The molecule has 1 amide bonds. The minimum Gasteiger partial charge on any atom is -0.508 e. The van der Waals surface area contributed by atoms with Crippen molar-refractivity contribution in [2.24, 2.45) is 5.10 Å². The molecule has 0 aromatic heterocycles. The fourth-order valence-electron chi connectivity index (χ4n) is 1.39. The minimum absolute atomic E-state index is 0.183. The van der Waals surface area contributed by atoms with Crippen molar-refractivity contribution >= 4 is 23.7 Å². The van der Waals surface area contributed by atoms with Crippen molar-refractivity contribution < 1.29 is 9.90 Å². The van der Waals surface area contributed by atoms with Crippen molar-refractivity contribution in [1.82, 2.24) is 5.43 Å².